The minimum absolute atomic E-state index is 0.0435. The number of hydrogen-bond donors (Lipinski definition) is 1. The van der Waals surface area contributed by atoms with E-state index in [4.69, 9.17) is 0 Å². The molecule has 7 heteroatoms. The Morgan fingerprint density at radius 1 is 1.19 bits per heavy atom. The molecule has 2 heterocycles. The lowest BCUT2D eigenvalue weighted by Crippen LogP contribution is -2.62. The van der Waals surface area contributed by atoms with Gasteiger partial charge in [-0.3, -0.25) is 14.6 Å². The molecule has 0 aliphatic carbocycles. The first-order chi connectivity index (χ1) is 12.5. The zero-order chi connectivity index (χ0) is 18.6. The van der Waals surface area contributed by atoms with Gasteiger partial charge in [0.25, 0.3) is 5.91 Å². The van der Waals surface area contributed by atoms with Crippen LogP contribution in [0.3, 0.4) is 0 Å². The summed E-state index contributed by atoms with van der Waals surface area (Å²) in [6.45, 7) is 0.878. The summed E-state index contributed by atoms with van der Waals surface area (Å²) in [6, 6.07) is 9.61. The Balaban J connectivity index is 1.88. The van der Waals surface area contributed by atoms with Gasteiger partial charge in [-0.1, -0.05) is 18.2 Å². The van der Waals surface area contributed by atoms with Crippen molar-refractivity contribution in [2.24, 2.45) is 0 Å². The molecular weight excluding hydrogens is 330 g/mol. The van der Waals surface area contributed by atoms with Crippen molar-refractivity contribution in [2.45, 2.75) is 18.4 Å². The van der Waals surface area contributed by atoms with Crippen molar-refractivity contribution >= 4 is 17.5 Å². The van der Waals surface area contributed by atoms with Crippen molar-refractivity contribution in [1.29, 1.82) is 0 Å². The van der Waals surface area contributed by atoms with Crippen LogP contribution in [-0.2, 0) is 4.79 Å². The van der Waals surface area contributed by atoms with E-state index in [-0.39, 0.29) is 18.4 Å². The maximum Gasteiger partial charge on any atom is 0.274 e. The van der Waals surface area contributed by atoms with Crippen LogP contribution in [0.1, 0.15) is 23.3 Å². The molecule has 1 unspecified atom stereocenters. The summed E-state index contributed by atoms with van der Waals surface area (Å²) in [6.07, 6.45) is 5.87. The van der Waals surface area contributed by atoms with Crippen molar-refractivity contribution in [3.8, 4) is 0 Å². The average Bonchev–Trinajstić information content (AvgIpc) is 2.68. The van der Waals surface area contributed by atoms with Gasteiger partial charge in [0, 0.05) is 38.7 Å². The number of para-hydroxylation sites is 1. The van der Waals surface area contributed by atoms with E-state index >= 15 is 0 Å². The number of hydrogen-bond acceptors (Lipinski definition) is 5. The lowest BCUT2D eigenvalue weighted by Gasteiger charge is -2.43. The second-order valence-electron chi connectivity index (χ2n) is 6.69. The second kappa shape index (κ2) is 7.51. The van der Waals surface area contributed by atoms with Crippen LogP contribution in [0.25, 0.3) is 0 Å². The second-order valence-corrected chi connectivity index (χ2v) is 6.69. The highest BCUT2D eigenvalue weighted by atomic mass is 16.2. The molecule has 7 nitrogen and oxygen atoms in total. The number of likely N-dealkylation sites (N-methyl/N-ethyl adjacent to an activating group) is 1. The van der Waals surface area contributed by atoms with E-state index in [9.17, 15) is 9.59 Å². The standard InChI is InChI=1S/C19H23N5O2/c1-23(2)18(26)19(22-15-7-4-3-5-8-15)9-6-12-24(14-19)17(25)16-13-20-10-11-21-16/h3-5,7-8,10-11,13,22H,6,9,12,14H2,1-2H3. The van der Waals surface area contributed by atoms with Crippen molar-refractivity contribution < 1.29 is 9.59 Å². The summed E-state index contributed by atoms with van der Waals surface area (Å²) >= 11 is 0. The first kappa shape index (κ1) is 17.8. The maximum atomic E-state index is 13.0. The molecule has 1 saturated heterocycles. The van der Waals surface area contributed by atoms with Gasteiger partial charge in [-0.05, 0) is 25.0 Å². The van der Waals surface area contributed by atoms with Crippen LogP contribution in [0.5, 0.6) is 0 Å². The topological polar surface area (TPSA) is 78.4 Å². The first-order valence-electron chi connectivity index (χ1n) is 8.62. The summed E-state index contributed by atoms with van der Waals surface area (Å²) in [5.41, 5.74) is 0.290. The molecule has 26 heavy (non-hydrogen) atoms. The summed E-state index contributed by atoms with van der Waals surface area (Å²) in [7, 11) is 3.47. The highest BCUT2D eigenvalue weighted by Gasteiger charge is 2.44. The Morgan fingerprint density at radius 3 is 2.62 bits per heavy atom. The number of nitrogens with one attached hydrogen (secondary N) is 1. The summed E-state index contributed by atoms with van der Waals surface area (Å²) < 4.78 is 0. The number of piperidine rings is 1. The molecule has 0 radical (unpaired) electrons. The van der Waals surface area contributed by atoms with Gasteiger partial charge in [-0.25, -0.2) is 4.98 Å². The quantitative estimate of drug-likeness (QED) is 0.904. The lowest BCUT2D eigenvalue weighted by molar-refractivity contribution is -0.135. The molecule has 1 fully saturated rings. The molecule has 1 N–H and O–H groups in total. The molecule has 1 aliphatic heterocycles. The van der Waals surface area contributed by atoms with Crippen LogP contribution in [0.4, 0.5) is 5.69 Å². The van der Waals surface area contributed by atoms with Gasteiger partial charge in [0.15, 0.2) is 0 Å². The van der Waals surface area contributed by atoms with Gasteiger partial charge in [-0.2, -0.15) is 0 Å². The van der Waals surface area contributed by atoms with E-state index < -0.39 is 5.54 Å². The van der Waals surface area contributed by atoms with Gasteiger partial charge in [0.05, 0.1) is 12.7 Å². The van der Waals surface area contributed by atoms with E-state index in [0.29, 0.717) is 18.7 Å². The Morgan fingerprint density at radius 2 is 1.96 bits per heavy atom. The highest BCUT2D eigenvalue weighted by molar-refractivity contribution is 5.94. The first-order valence-corrected chi connectivity index (χ1v) is 8.62. The lowest BCUT2D eigenvalue weighted by atomic mass is 9.86. The molecule has 0 saturated carbocycles. The fourth-order valence-corrected chi connectivity index (χ4v) is 3.36. The predicted molar refractivity (Wildman–Crippen MR) is 98.7 cm³/mol. The molecule has 2 aromatic rings. The largest absolute Gasteiger partial charge is 0.370 e. The van der Waals surface area contributed by atoms with Crippen LogP contribution < -0.4 is 5.32 Å². The van der Waals surface area contributed by atoms with Gasteiger partial charge in [-0.15, -0.1) is 0 Å². The van der Waals surface area contributed by atoms with Gasteiger partial charge < -0.3 is 15.1 Å². The number of rotatable bonds is 4. The summed E-state index contributed by atoms with van der Waals surface area (Å²) in [5.74, 6) is -0.249. The summed E-state index contributed by atoms with van der Waals surface area (Å²) in [4.78, 5) is 37.2. The average molecular weight is 353 g/mol. The normalized spacial score (nSPS) is 19.7. The fraction of sp³-hybridized carbons (Fsp3) is 0.368. The van der Waals surface area contributed by atoms with Crippen molar-refractivity contribution in [1.82, 2.24) is 19.8 Å². The van der Waals surface area contributed by atoms with Gasteiger partial charge in [0.1, 0.15) is 11.2 Å². The third-order valence-corrected chi connectivity index (χ3v) is 4.53. The molecule has 1 aliphatic rings. The number of anilines is 1. The molecule has 1 aromatic carbocycles. The Hall–Kier alpha value is -2.96. The van der Waals surface area contributed by atoms with Crippen molar-refractivity contribution in [3.05, 3.63) is 54.6 Å². The monoisotopic (exact) mass is 353 g/mol. The van der Waals surface area contributed by atoms with Crippen LogP contribution in [0, 0.1) is 0 Å². The fourth-order valence-electron chi connectivity index (χ4n) is 3.36. The number of nitrogens with zero attached hydrogens (tertiary/aromatic N) is 4. The Labute approximate surface area is 153 Å². The molecule has 0 bridgehead atoms. The van der Waals surface area contributed by atoms with Crippen molar-refractivity contribution in [2.75, 3.05) is 32.5 Å². The number of carbonyl (C=O) groups is 2. The molecule has 2 amide bonds. The third-order valence-electron chi connectivity index (χ3n) is 4.53. The zero-order valence-corrected chi connectivity index (χ0v) is 15.1. The molecule has 1 atom stereocenters. The van der Waals surface area contributed by atoms with E-state index in [1.165, 1.54) is 18.6 Å². The number of likely N-dealkylation sites (tertiary alicyclic amines) is 1. The minimum Gasteiger partial charge on any atom is -0.370 e. The number of amides is 2. The number of benzene rings is 1. The Bertz CT molecular complexity index is 766. The summed E-state index contributed by atoms with van der Waals surface area (Å²) in [5, 5.41) is 3.39. The molecule has 1 aromatic heterocycles. The van der Waals surface area contributed by atoms with Gasteiger partial charge in [0.2, 0.25) is 5.91 Å². The molecule has 3 rings (SSSR count). The predicted octanol–water partition coefficient (Wildman–Crippen LogP) is 1.65. The van der Waals surface area contributed by atoms with E-state index in [0.717, 1.165) is 12.1 Å². The third kappa shape index (κ3) is 3.66. The van der Waals surface area contributed by atoms with Crippen LogP contribution in [0.2, 0.25) is 0 Å². The molecular formula is C19H23N5O2. The SMILES string of the molecule is CN(C)C(=O)C1(Nc2ccccc2)CCCN(C(=O)c2cnccn2)C1. The molecule has 0 spiro atoms. The minimum atomic E-state index is -0.860. The zero-order valence-electron chi connectivity index (χ0n) is 15.1. The van der Waals surface area contributed by atoms with Crippen LogP contribution >= 0.6 is 0 Å². The van der Waals surface area contributed by atoms with Crippen molar-refractivity contribution in [3.63, 3.8) is 0 Å². The van der Waals surface area contributed by atoms with Gasteiger partial charge >= 0.3 is 0 Å². The van der Waals surface area contributed by atoms with Crippen LogP contribution in [0.15, 0.2) is 48.9 Å². The smallest absolute Gasteiger partial charge is 0.274 e. The maximum absolute atomic E-state index is 13.0. The van der Waals surface area contributed by atoms with Crippen LogP contribution in [-0.4, -0.2) is 64.3 Å². The van der Waals surface area contributed by atoms with E-state index in [1.54, 1.807) is 23.9 Å². The van der Waals surface area contributed by atoms with E-state index in [1.807, 2.05) is 30.3 Å². The van der Waals surface area contributed by atoms with E-state index in [2.05, 4.69) is 15.3 Å². The highest BCUT2D eigenvalue weighted by Crippen LogP contribution is 2.28. The molecule has 136 valence electrons. The number of carbonyl (C=O) groups excluding carboxylic acids is 2. The number of aromatic nitrogens is 2. The Kier molecular flexibility index (Phi) is 5.16.